The van der Waals surface area contributed by atoms with E-state index < -0.39 is 0 Å². The average Bonchev–Trinajstić information content (AvgIpc) is 2.44. The summed E-state index contributed by atoms with van der Waals surface area (Å²) in [7, 11) is 0. The van der Waals surface area contributed by atoms with Crippen LogP contribution in [0.4, 0.5) is 5.82 Å². The van der Waals surface area contributed by atoms with Crippen LogP contribution in [0.3, 0.4) is 0 Å². The first-order chi connectivity index (χ1) is 10.3. The summed E-state index contributed by atoms with van der Waals surface area (Å²) in [6.45, 7) is 8.51. The van der Waals surface area contributed by atoms with Crippen molar-refractivity contribution in [1.82, 2.24) is 15.5 Å². The van der Waals surface area contributed by atoms with E-state index in [1.165, 1.54) is 11.1 Å². The van der Waals surface area contributed by atoms with Gasteiger partial charge in [0.25, 0.3) is 5.91 Å². The standard InChI is InChI=1S/C17H22N4O/c1-12-6-5-7-13(10-12)11-18-15-9-8-14(20-21-15)16(22)19-17(2,3)4/h5-10H,11H2,1-4H3,(H,18,21)(H,19,22). The van der Waals surface area contributed by atoms with Gasteiger partial charge in [0.2, 0.25) is 0 Å². The van der Waals surface area contributed by atoms with Crippen LogP contribution < -0.4 is 10.6 Å². The van der Waals surface area contributed by atoms with Crippen molar-refractivity contribution in [2.75, 3.05) is 5.32 Å². The van der Waals surface area contributed by atoms with Gasteiger partial charge >= 0.3 is 0 Å². The van der Waals surface area contributed by atoms with Crippen molar-refractivity contribution in [2.45, 2.75) is 39.8 Å². The van der Waals surface area contributed by atoms with Crippen molar-refractivity contribution >= 4 is 11.7 Å². The SMILES string of the molecule is Cc1cccc(CNc2ccc(C(=O)NC(C)(C)C)nn2)c1. The van der Waals surface area contributed by atoms with E-state index >= 15 is 0 Å². The summed E-state index contributed by atoms with van der Waals surface area (Å²) in [5.41, 5.74) is 2.42. The van der Waals surface area contributed by atoms with Gasteiger partial charge in [0.1, 0.15) is 5.82 Å². The van der Waals surface area contributed by atoms with E-state index in [0.717, 1.165) is 0 Å². The Labute approximate surface area is 131 Å². The summed E-state index contributed by atoms with van der Waals surface area (Å²) < 4.78 is 0. The summed E-state index contributed by atoms with van der Waals surface area (Å²) >= 11 is 0. The summed E-state index contributed by atoms with van der Waals surface area (Å²) in [6.07, 6.45) is 0. The number of carbonyl (C=O) groups excluding carboxylic acids is 1. The quantitative estimate of drug-likeness (QED) is 0.910. The van der Waals surface area contributed by atoms with Crippen LogP contribution in [0.15, 0.2) is 36.4 Å². The minimum atomic E-state index is -0.291. The normalized spacial score (nSPS) is 11.1. The van der Waals surface area contributed by atoms with Gasteiger partial charge in [0.15, 0.2) is 5.69 Å². The van der Waals surface area contributed by atoms with Gasteiger partial charge in [-0.15, -0.1) is 10.2 Å². The summed E-state index contributed by atoms with van der Waals surface area (Å²) in [6, 6.07) is 11.7. The number of rotatable bonds is 4. The Morgan fingerprint density at radius 2 is 1.91 bits per heavy atom. The molecule has 2 aromatic rings. The molecule has 0 aliphatic carbocycles. The largest absolute Gasteiger partial charge is 0.365 e. The number of benzene rings is 1. The Kier molecular flexibility index (Phi) is 4.75. The molecule has 5 nitrogen and oxygen atoms in total. The summed E-state index contributed by atoms with van der Waals surface area (Å²) in [5, 5.41) is 14.1. The average molecular weight is 298 g/mol. The Morgan fingerprint density at radius 3 is 2.50 bits per heavy atom. The number of hydrogen-bond acceptors (Lipinski definition) is 4. The first-order valence-corrected chi connectivity index (χ1v) is 7.29. The lowest BCUT2D eigenvalue weighted by atomic mass is 10.1. The Hall–Kier alpha value is -2.43. The van der Waals surface area contributed by atoms with E-state index in [1.807, 2.05) is 26.8 Å². The number of nitrogens with zero attached hydrogens (tertiary/aromatic N) is 2. The van der Waals surface area contributed by atoms with Crippen LogP contribution in [-0.2, 0) is 6.54 Å². The van der Waals surface area contributed by atoms with Crippen molar-refractivity contribution in [1.29, 1.82) is 0 Å². The van der Waals surface area contributed by atoms with Crippen LogP contribution in [0.2, 0.25) is 0 Å². The van der Waals surface area contributed by atoms with E-state index in [2.05, 4.69) is 46.0 Å². The number of amides is 1. The first kappa shape index (κ1) is 15.9. The monoisotopic (exact) mass is 298 g/mol. The van der Waals surface area contributed by atoms with E-state index in [9.17, 15) is 4.79 Å². The number of nitrogens with one attached hydrogen (secondary N) is 2. The van der Waals surface area contributed by atoms with Gasteiger partial charge < -0.3 is 10.6 Å². The molecule has 0 bridgehead atoms. The third-order valence-electron chi connectivity index (χ3n) is 2.94. The lowest BCUT2D eigenvalue weighted by Gasteiger charge is -2.19. The predicted molar refractivity (Wildman–Crippen MR) is 87.8 cm³/mol. The summed E-state index contributed by atoms with van der Waals surface area (Å²) in [5.74, 6) is 0.430. The van der Waals surface area contributed by atoms with Crippen LogP contribution >= 0.6 is 0 Å². The lowest BCUT2D eigenvalue weighted by molar-refractivity contribution is 0.0913. The zero-order valence-corrected chi connectivity index (χ0v) is 13.5. The number of anilines is 1. The number of carbonyl (C=O) groups is 1. The van der Waals surface area contributed by atoms with Crippen LogP contribution in [0.5, 0.6) is 0 Å². The molecule has 0 fully saturated rings. The minimum Gasteiger partial charge on any atom is -0.365 e. The van der Waals surface area contributed by atoms with Gasteiger partial charge in [-0.05, 0) is 45.4 Å². The molecule has 0 radical (unpaired) electrons. The van der Waals surface area contributed by atoms with Crippen LogP contribution in [0.25, 0.3) is 0 Å². The fourth-order valence-corrected chi connectivity index (χ4v) is 1.97. The smallest absolute Gasteiger partial charge is 0.272 e. The molecular weight excluding hydrogens is 276 g/mol. The third-order valence-corrected chi connectivity index (χ3v) is 2.94. The molecule has 116 valence electrons. The summed E-state index contributed by atoms with van der Waals surface area (Å²) in [4.78, 5) is 12.0. The molecular formula is C17H22N4O. The van der Waals surface area contributed by atoms with Gasteiger partial charge in [0.05, 0.1) is 0 Å². The first-order valence-electron chi connectivity index (χ1n) is 7.29. The molecule has 0 saturated carbocycles. The lowest BCUT2D eigenvalue weighted by Crippen LogP contribution is -2.41. The number of aryl methyl sites for hydroxylation is 1. The van der Waals surface area contributed by atoms with Crippen molar-refractivity contribution < 1.29 is 4.79 Å². The molecule has 0 spiro atoms. The minimum absolute atomic E-state index is 0.217. The van der Waals surface area contributed by atoms with Crippen molar-refractivity contribution in [3.63, 3.8) is 0 Å². The molecule has 0 atom stereocenters. The van der Waals surface area contributed by atoms with Crippen LogP contribution in [0.1, 0.15) is 42.4 Å². The molecule has 1 amide bonds. The number of aromatic nitrogens is 2. The fraction of sp³-hybridized carbons (Fsp3) is 0.353. The maximum Gasteiger partial charge on any atom is 0.272 e. The highest BCUT2D eigenvalue weighted by molar-refractivity contribution is 5.92. The van der Waals surface area contributed by atoms with Crippen molar-refractivity contribution in [3.05, 3.63) is 53.2 Å². The third kappa shape index (κ3) is 4.84. The van der Waals surface area contributed by atoms with Gasteiger partial charge in [-0.1, -0.05) is 29.8 Å². The maximum atomic E-state index is 12.0. The van der Waals surface area contributed by atoms with E-state index in [4.69, 9.17) is 0 Å². The van der Waals surface area contributed by atoms with Crippen LogP contribution in [-0.4, -0.2) is 21.6 Å². The Morgan fingerprint density at radius 1 is 1.14 bits per heavy atom. The van der Waals surface area contributed by atoms with Crippen molar-refractivity contribution in [3.8, 4) is 0 Å². The molecule has 5 heteroatoms. The Bertz CT molecular complexity index is 644. The molecule has 2 N–H and O–H groups in total. The maximum absolute atomic E-state index is 12.0. The Balaban J connectivity index is 1.96. The second-order valence-corrected chi connectivity index (χ2v) is 6.35. The van der Waals surface area contributed by atoms with Crippen molar-refractivity contribution in [2.24, 2.45) is 0 Å². The van der Waals surface area contributed by atoms with Gasteiger partial charge in [0, 0.05) is 12.1 Å². The molecule has 0 saturated heterocycles. The van der Waals surface area contributed by atoms with Crippen LogP contribution in [0, 0.1) is 6.92 Å². The second kappa shape index (κ2) is 6.56. The molecule has 22 heavy (non-hydrogen) atoms. The van der Waals surface area contributed by atoms with Gasteiger partial charge in [-0.2, -0.15) is 0 Å². The molecule has 0 aliphatic rings. The van der Waals surface area contributed by atoms with Gasteiger partial charge in [-0.25, -0.2) is 0 Å². The zero-order valence-electron chi connectivity index (χ0n) is 13.5. The number of hydrogen-bond donors (Lipinski definition) is 2. The predicted octanol–water partition coefficient (Wildman–Crippen LogP) is 2.93. The van der Waals surface area contributed by atoms with E-state index in [-0.39, 0.29) is 11.4 Å². The highest BCUT2D eigenvalue weighted by Crippen LogP contribution is 2.08. The second-order valence-electron chi connectivity index (χ2n) is 6.35. The highest BCUT2D eigenvalue weighted by atomic mass is 16.2. The van der Waals surface area contributed by atoms with E-state index in [1.54, 1.807) is 12.1 Å². The molecule has 1 aromatic carbocycles. The molecule has 1 aromatic heterocycles. The fourth-order valence-electron chi connectivity index (χ4n) is 1.97. The molecule has 2 rings (SSSR count). The zero-order chi connectivity index (χ0) is 16.2. The van der Waals surface area contributed by atoms with E-state index in [0.29, 0.717) is 18.1 Å². The molecule has 1 heterocycles. The molecule has 0 aliphatic heterocycles. The highest BCUT2D eigenvalue weighted by Gasteiger charge is 2.16. The molecule has 0 unspecified atom stereocenters. The van der Waals surface area contributed by atoms with Gasteiger partial charge in [-0.3, -0.25) is 4.79 Å². The topological polar surface area (TPSA) is 66.9 Å².